The summed E-state index contributed by atoms with van der Waals surface area (Å²) in [4.78, 5) is 70.3. The van der Waals surface area contributed by atoms with Gasteiger partial charge in [0.25, 0.3) is 5.91 Å². The zero-order valence-electron chi connectivity index (χ0n) is 29.3. The molecule has 10 heteroatoms. The van der Waals surface area contributed by atoms with E-state index in [0.717, 1.165) is 70.6 Å². The van der Waals surface area contributed by atoms with E-state index in [0.29, 0.717) is 32.2 Å². The molecule has 2 saturated carbocycles. The Hall–Kier alpha value is -2.36. The molecule has 9 nitrogen and oxygen atoms in total. The van der Waals surface area contributed by atoms with Gasteiger partial charge in [-0.25, -0.2) is 8.42 Å². The van der Waals surface area contributed by atoms with Crippen LogP contribution in [0.4, 0.5) is 0 Å². The van der Waals surface area contributed by atoms with E-state index >= 15 is 0 Å². The lowest BCUT2D eigenvalue weighted by Crippen LogP contribution is -2.49. The van der Waals surface area contributed by atoms with Crippen LogP contribution >= 0.6 is 0 Å². The molecule has 3 aliphatic heterocycles. The van der Waals surface area contributed by atoms with Crippen LogP contribution in [0.5, 0.6) is 0 Å². The Labute approximate surface area is 287 Å². The fraction of sp³-hybridized carbons (Fsp3) is 0.816. The fourth-order valence-electron chi connectivity index (χ4n) is 10.1. The quantitative estimate of drug-likeness (QED) is 0.249. The molecule has 268 valence electrons. The third-order valence-corrected chi connectivity index (χ3v) is 15.3. The topological polar surface area (TPSA) is 135 Å². The van der Waals surface area contributed by atoms with E-state index < -0.39 is 50.1 Å². The van der Waals surface area contributed by atoms with Crippen LogP contribution < -0.4 is 5.32 Å². The second kappa shape index (κ2) is 15.3. The van der Waals surface area contributed by atoms with Crippen LogP contribution in [0, 0.1) is 34.5 Å². The van der Waals surface area contributed by atoms with Gasteiger partial charge in [0.15, 0.2) is 15.6 Å². The van der Waals surface area contributed by atoms with Crippen LogP contribution in [0.1, 0.15) is 129 Å². The van der Waals surface area contributed by atoms with E-state index in [9.17, 15) is 32.4 Å². The van der Waals surface area contributed by atoms with Crippen molar-refractivity contribution in [2.24, 2.45) is 34.5 Å². The number of Topliss-reactive ketones (excluding diaryl/α,β-unsaturated/α-hetero) is 3. The average Bonchev–Trinajstić information content (AvgIpc) is 3.36. The highest BCUT2D eigenvalue weighted by molar-refractivity contribution is 7.92. The monoisotopic (exact) mass is 686 g/mol. The van der Waals surface area contributed by atoms with Crippen LogP contribution in [0.3, 0.4) is 0 Å². The smallest absolute Gasteiger partial charge is 0.287 e. The zero-order chi connectivity index (χ0) is 34.7. The number of sulfone groups is 1. The largest absolute Gasteiger partial charge is 0.346 e. The SMILES string of the molecule is C=CCNC(=O)C(=O)[C@@H]1CCCCCCCC[C@H](CC(=O)CC2([C@H]3CCCS3(=O)=O)CCCCC2)C(=O)N2C[C@H]3[C@@H]([C@H]2C(=O)C1)C3(C)C. The first-order valence-electron chi connectivity index (χ1n) is 18.8. The number of ketones is 3. The first kappa shape index (κ1) is 36.9. The van der Waals surface area contributed by atoms with Gasteiger partial charge in [-0.05, 0) is 61.2 Å². The second-order valence-electron chi connectivity index (χ2n) is 16.4. The van der Waals surface area contributed by atoms with Gasteiger partial charge in [-0.2, -0.15) is 0 Å². The molecule has 5 aliphatic rings. The Morgan fingerprint density at radius 2 is 1.56 bits per heavy atom. The van der Waals surface area contributed by atoms with Crippen LogP contribution in [0.25, 0.3) is 0 Å². The van der Waals surface area contributed by atoms with Crippen molar-refractivity contribution in [3.8, 4) is 0 Å². The summed E-state index contributed by atoms with van der Waals surface area (Å²) in [6.07, 6.45) is 13.7. The van der Waals surface area contributed by atoms with Crippen molar-refractivity contribution < 1.29 is 32.4 Å². The molecule has 3 heterocycles. The molecule has 0 aromatic heterocycles. The Balaban J connectivity index is 1.37. The number of nitrogens with zero attached hydrogens (tertiary/aromatic N) is 1. The minimum atomic E-state index is -3.24. The predicted molar refractivity (Wildman–Crippen MR) is 185 cm³/mol. The molecule has 3 saturated heterocycles. The van der Waals surface area contributed by atoms with E-state index in [4.69, 9.17) is 0 Å². The number of rotatable bonds is 9. The molecule has 0 aromatic rings. The summed E-state index contributed by atoms with van der Waals surface area (Å²) in [5, 5.41) is 2.10. The lowest BCUT2D eigenvalue weighted by molar-refractivity contribution is -0.146. The summed E-state index contributed by atoms with van der Waals surface area (Å²) < 4.78 is 26.2. The van der Waals surface area contributed by atoms with Crippen molar-refractivity contribution in [2.75, 3.05) is 18.8 Å². The van der Waals surface area contributed by atoms with Crippen LogP contribution in [0.2, 0.25) is 0 Å². The number of amides is 2. The summed E-state index contributed by atoms with van der Waals surface area (Å²) in [5.41, 5.74) is -0.642. The number of nitrogens with one attached hydrogen (secondary N) is 1. The van der Waals surface area contributed by atoms with Crippen molar-refractivity contribution in [3.05, 3.63) is 12.7 Å². The molecule has 0 aromatic carbocycles. The Bertz CT molecular complexity index is 1360. The van der Waals surface area contributed by atoms with Gasteiger partial charge in [0.05, 0.1) is 17.0 Å². The number of carbonyl (C=O) groups is 5. The third-order valence-electron chi connectivity index (χ3n) is 12.9. The molecule has 2 aliphatic carbocycles. The maximum absolute atomic E-state index is 14.5. The standard InChI is InChI=1S/C38H58N2O7S/c1-4-20-39-35(44)34(43)26-15-10-7-5-6-8-11-16-27(36(45)40-25-29-32(37(29,2)3)33(40)30(42)23-26)22-28(41)24-38(18-12-9-13-19-38)31-17-14-21-48(31,46)47/h4,26-27,29,31-33H,1,5-25H2,2-3H3,(H,39,44)/t26-,27-,29+,31-,32+,33-/m1/s1. The molecule has 6 atom stereocenters. The van der Waals surface area contributed by atoms with Crippen LogP contribution in [-0.4, -0.2) is 72.6 Å². The molecule has 1 N–H and O–H groups in total. The number of fused-ring (bicyclic) bond motifs is 3. The number of carbonyl (C=O) groups excluding carboxylic acids is 5. The summed E-state index contributed by atoms with van der Waals surface area (Å²) in [6, 6.07) is -0.667. The summed E-state index contributed by atoms with van der Waals surface area (Å²) >= 11 is 0. The van der Waals surface area contributed by atoms with Gasteiger partial charge in [-0.1, -0.05) is 77.7 Å². The molecule has 5 fully saturated rings. The third kappa shape index (κ3) is 7.83. The van der Waals surface area contributed by atoms with Gasteiger partial charge in [-0.3, -0.25) is 24.0 Å². The Morgan fingerprint density at radius 3 is 2.21 bits per heavy atom. The maximum Gasteiger partial charge on any atom is 0.287 e. The van der Waals surface area contributed by atoms with Gasteiger partial charge in [0, 0.05) is 44.2 Å². The molecule has 0 spiro atoms. The van der Waals surface area contributed by atoms with Gasteiger partial charge >= 0.3 is 0 Å². The normalized spacial score (nSPS) is 33.4. The predicted octanol–water partition coefficient (Wildman–Crippen LogP) is 5.54. The van der Waals surface area contributed by atoms with Crippen molar-refractivity contribution in [1.29, 1.82) is 0 Å². The first-order chi connectivity index (χ1) is 22.8. The van der Waals surface area contributed by atoms with E-state index in [1.54, 1.807) is 4.90 Å². The minimum absolute atomic E-state index is 0.00980. The molecule has 2 amide bonds. The lowest BCUT2D eigenvalue weighted by atomic mass is 9.67. The summed E-state index contributed by atoms with van der Waals surface area (Å²) in [5.74, 6) is -2.55. The highest BCUT2D eigenvalue weighted by Crippen LogP contribution is 2.65. The van der Waals surface area contributed by atoms with Crippen molar-refractivity contribution in [1.82, 2.24) is 10.2 Å². The highest BCUT2D eigenvalue weighted by atomic mass is 32.2. The van der Waals surface area contributed by atoms with Gasteiger partial charge in [-0.15, -0.1) is 6.58 Å². The fourth-order valence-corrected chi connectivity index (χ4v) is 12.6. The highest BCUT2D eigenvalue weighted by Gasteiger charge is 2.69. The van der Waals surface area contributed by atoms with Gasteiger partial charge < -0.3 is 10.2 Å². The Morgan fingerprint density at radius 1 is 0.917 bits per heavy atom. The molecule has 0 unspecified atom stereocenters. The first-order valence-corrected chi connectivity index (χ1v) is 20.5. The maximum atomic E-state index is 14.5. The van der Waals surface area contributed by atoms with E-state index in [-0.39, 0.29) is 66.3 Å². The molecule has 48 heavy (non-hydrogen) atoms. The lowest BCUT2D eigenvalue weighted by Gasteiger charge is -2.41. The average molecular weight is 687 g/mol. The molecule has 0 radical (unpaired) electrons. The molecular weight excluding hydrogens is 628 g/mol. The van der Waals surface area contributed by atoms with Gasteiger partial charge in [0.2, 0.25) is 11.7 Å². The van der Waals surface area contributed by atoms with E-state index in [1.807, 2.05) is 0 Å². The van der Waals surface area contributed by atoms with Crippen molar-refractivity contribution in [2.45, 2.75) is 141 Å². The minimum Gasteiger partial charge on any atom is -0.346 e. The van der Waals surface area contributed by atoms with E-state index in [2.05, 4.69) is 25.7 Å². The van der Waals surface area contributed by atoms with E-state index in [1.165, 1.54) is 6.08 Å². The van der Waals surface area contributed by atoms with Crippen LogP contribution in [0.15, 0.2) is 12.7 Å². The summed E-state index contributed by atoms with van der Waals surface area (Å²) in [6.45, 7) is 8.48. The molecule has 0 bridgehead atoms. The van der Waals surface area contributed by atoms with Crippen molar-refractivity contribution in [3.63, 3.8) is 0 Å². The van der Waals surface area contributed by atoms with Crippen molar-refractivity contribution >= 4 is 39.0 Å². The molecular formula is C38H58N2O7S. The number of piperidine rings is 1. The zero-order valence-corrected chi connectivity index (χ0v) is 30.1. The van der Waals surface area contributed by atoms with Crippen LogP contribution in [-0.2, 0) is 33.8 Å². The number of hydrogen-bond donors (Lipinski definition) is 1. The number of hydrogen-bond acceptors (Lipinski definition) is 7. The Kier molecular flexibility index (Phi) is 11.7. The molecule has 5 rings (SSSR count). The second-order valence-corrected chi connectivity index (χ2v) is 18.7. The summed E-state index contributed by atoms with van der Waals surface area (Å²) in [7, 11) is -3.24. The van der Waals surface area contributed by atoms with Gasteiger partial charge in [0.1, 0.15) is 5.78 Å².